The van der Waals surface area contributed by atoms with E-state index in [0.717, 1.165) is 32.8 Å². The van der Waals surface area contributed by atoms with Gasteiger partial charge in [-0.2, -0.15) is 0 Å². The maximum Gasteiger partial charge on any atom is 0.248 e. The Morgan fingerprint density at radius 1 is 1.52 bits per heavy atom. The van der Waals surface area contributed by atoms with Crippen LogP contribution in [0.15, 0.2) is 17.5 Å². The monoisotopic (exact) mass is 338 g/mol. The highest BCUT2D eigenvalue weighted by Crippen LogP contribution is 2.39. The standard InChI is InChI=1S/C17H26N2O3S/c1-14-8-18(9-15-4-3-7-23-15)11-17(14)12-19(5-6-22-13-17)16(20)10-21-2/h3-4,7,14H,5-6,8-13H2,1-2H3/t14-,17+/m0/s1. The molecular formula is C17H26N2O3S. The first-order chi connectivity index (χ1) is 11.1. The molecule has 0 aliphatic carbocycles. The molecule has 2 saturated heterocycles. The number of nitrogens with zero attached hydrogens (tertiary/aromatic N) is 2. The van der Waals surface area contributed by atoms with E-state index < -0.39 is 0 Å². The van der Waals surface area contributed by atoms with Gasteiger partial charge in [0.15, 0.2) is 0 Å². The highest BCUT2D eigenvalue weighted by atomic mass is 32.1. The molecule has 0 unspecified atom stereocenters. The van der Waals surface area contributed by atoms with Crippen LogP contribution in [0.3, 0.4) is 0 Å². The number of hydrogen-bond donors (Lipinski definition) is 0. The average molecular weight is 338 g/mol. The molecule has 1 amide bonds. The molecule has 2 atom stereocenters. The summed E-state index contributed by atoms with van der Waals surface area (Å²) < 4.78 is 10.9. The highest BCUT2D eigenvalue weighted by molar-refractivity contribution is 7.09. The molecule has 2 aliphatic heterocycles. The second kappa shape index (κ2) is 7.30. The van der Waals surface area contributed by atoms with E-state index in [9.17, 15) is 4.79 Å². The zero-order chi connectivity index (χ0) is 16.3. The number of ether oxygens (including phenoxy) is 2. The van der Waals surface area contributed by atoms with Gasteiger partial charge in [-0.3, -0.25) is 9.69 Å². The smallest absolute Gasteiger partial charge is 0.248 e. The second-order valence-electron chi connectivity index (χ2n) is 6.81. The Kier molecular flexibility index (Phi) is 5.36. The zero-order valence-electron chi connectivity index (χ0n) is 14.0. The van der Waals surface area contributed by atoms with E-state index in [4.69, 9.17) is 9.47 Å². The van der Waals surface area contributed by atoms with Crippen molar-refractivity contribution in [2.75, 3.05) is 53.1 Å². The third kappa shape index (κ3) is 3.76. The van der Waals surface area contributed by atoms with Gasteiger partial charge in [-0.25, -0.2) is 0 Å². The second-order valence-corrected chi connectivity index (χ2v) is 7.85. The van der Waals surface area contributed by atoms with Crippen LogP contribution in [0.25, 0.3) is 0 Å². The van der Waals surface area contributed by atoms with Crippen molar-refractivity contribution in [2.24, 2.45) is 11.3 Å². The molecule has 0 N–H and O–H groups in total. The predicted octanol–water partition coefficient (Wildman–Crippen LogP) is 1.69. The van der Waals surface area contributed by atoms with Gasteiger partial charge in [0.1, 0.15) is 6.61 Å². The van der Waals surface area contributed by atoms with Crippen LogP contribution in [0.5, 0.6) is 0 Å². The normalized spacial score (nSPS) is 29.1. The van der Waals surface area contributed by atoms with Gasteiger partial charge in [-0.15, -0.1) is 11.3 Å². The lowest BCUT2D eigenvalue weighted by Crippen LogP contribution is -2.46. The lowest BCUT2D eigenvalue weighted by Gasteiger charge is -2.35. The summed E-state index contributed by atoms with van der Waals surface area (Å²) in [6.07, 6.45) is 0. The number of carbonyl (C=O) groups excluding carboxylic acids is 1. The van der Waals surface area contributed by atoms with E-state index in [0.29, 0.717) is 19.1 Å². The Bertz CT molecular complexity index is 522. The van der Waals surface area contributed by atoms with Crippen molar-refractivity contribution in [3.63, 3.8) is 0 Å². The van der Waals surface area contributed by atoms with Crippen LogP contribution in [0.2, 0.25) is 0 Å². The molecule has 2 aliphatic rings. The summed E-state index contributed by atoms with van der Waals surface area (Å²) in [5, 5.41) is 2.13. The zero-order valence-corrected chi connectivity index (χ0v) is 14.8. The van der Waals surface area contributed by atoms with Crippen molar-refractivity contribution in [2.45, 2.75) is 13.5 Å². The number of rotatable bonds is 4. The molecule has 6 heteroatoms. The van der Waals surface area contributed by atoms with E-state index in [1.54, 1.807) is 7.11 Å². The Morgan fingerprint density at radius 3 is 3.13 bits per heavy atom. The Labute approximate surface area is 142 Å². The van der Waals surface area contributed by atoms with Gasteiger partial charge in [0, 0.05) is 50.1 Å². The number of carbonyl (C=O) groups is 1. The molecule has 1 aromatic rings. The molecule has 2 fully saturated rings. The first-order valence-electron chi connectivity index (χ1n) is 8.22. The molecule has 23 heavy (non-hydrogen) atoms. The van der Waals surface area contributed by atoms with E-state index in [1.165, 1.54) is 4.88 Å². The molecule has 1 aromatic heterocycles. The number of amides is 1. The summed E-state index contributed by atoms with van der Waals surface area (Å²) in [4.78, 5) is 18.1. The molecule has 1 spiro atoms. The molecule has 0 saturated carbocycles. The van der Waals surface area contributed by atoms with E-state index in [-0.39, 0.29) is 17.9 Å². The molecule has 0 aromatic carbocycles. The van der Waals surface area contributed by atoms with Crippen LogP contribution in [-0.2, 0) is 20.8 Å². The average Bonchev–Trinajstić information content (AvgIpc) is 3.05. The molecule has 128 valence electrons. The van der Waals surface area contributed by atoms with E-state index in [1.807, 2.05) is 16.2 Å². The first-order valence-corrected chi connectivity index (χ1v) is 9.10. The summed E-state index contributed by atoms with van der Waals surface area (Å²) in [6, 6.07) is 4.30. The van der Waals surface area contributed by atoms with Crippen LogP contribution in [0.1, 0.15) is 11.8 Å². The van der Waals surface area contributed by atoms with Crippen molar-refractivity contribution < 1.29 is 14.3 Å². The largest absolute Gasteiger partial charge is 0.379 e. The predicted molar refractivity (Wildman–Crippen MR) is 90.5 cm³/mol. The van der Waals surface area contributed by atoms with Gasteiger partial charge >= 0.3 is 0 Å². The summed E-state index contributed by atoms with van der Waals surface area (Å²) in [6.45, 7) is 8.30. The Morgan fingerprint density at radius 2 is 2.39 bits per heavy atom. The lowest BCUT2D eigenvalue weighted by molar-refractivity contribution is -0.136. The summed E-state index contributed by atoms with van der Waals surface area (Å²) >= 11 is 1.81. The molecule has 3 rings (SSSR count). The lowest BCUT2D eigenvalue weighted by atomic mass is 9.79. The van der Waals surface area contributed by atoms with Gasteiger partial charge in [-0.05, 0) is 17.4 Å². The van der Waals surface area contributed by atoms with Crippen LogP contribution >= 0.6 is 11.3 Å². The van der Waals surface area contributed by atoms with Gasteiger partial charge in [-0.1, -0.05) is 13.0 Å². The highest BCUT2D eigenvalue weighted by Gasteiger charge is 2.47. The van der Waals surface area contributed by atoms with Crippen molar-refractivity contribution in [1.82, 2.24) is 9.80 Å². The van der Waals surface area contributed by atoms with Gasteiger partial charge in [0.05, 0.1) is 13.2 Å². The fourth-order valence-electron chi connectivity index (χ4n) is 3.77. The number of hydrogen-bond acceptors (Lipinski definition) is 5. The summed E-state index contributed by atoms with van der Waals surface area (Å²) in [7, 11) is 1.57. The van der Waals surface area contributed by atoms with Gasteiger partial charge in [0.25, 0.3) is 0 Å². The quantitative estimate of drug-likeness (QED) is 0.838. The van der Waals surface area contributed by atoms with Crippen LogP contribution in [0, 0.1) is 11.3 Å². The van der Waals surface area contributed by atoms with E-state index in [2.05, 4.69) is 29.3 Å². The van der Waals surface area contributed by atoms with Crippen LogP contribution in [0.4, 0.5) is 0 Å². The maximum atomic E-state index is 12.3. The fourth-order valence-corrected chi connectivity index (χ4v) is 4.51. The minimum Gasteiger partial charge on any atom is -0.379 e. The molecular weight excluding hydrogens is 312 g/mol. The summed E-state index contributed by atoms with van der Waals surface area (Å²) in [5.41, 5.74) is 0.0389. The fraction of sp³-hybridized carbons (Fsp3) is 0.706. The minimum atomic E-state index is 0.0389. The molecule has 0 bridgehead atoms. The number of likely N-dealkylation sites (tertiary alicyclic amines) is 1. The van der Waals surface area contributed by atoms with Crippen molar-refractivity contribution >= 4 is 17.2 Å². The number of methoxy groups -OCH3 is 1. The minimum absolute atomic E-state index is 0.0389. The Balaban J connectivity index is 1.69. The molecule has 5 nitrogen and oxygen atoms in total. The van der Waals surface area contributed by atoms with Crippen molar-refractivity contribution in [3.8, 4) is 0 Å². The van der Waals surface area contributed by atoms with Crippen molar-refractivity contribution in [3.05, 3.63) is 22.4 Å². The SMILES string of the molecule is COCC(=O)N1CCOC[C@@]2(CN(Cc3cccs3)C[C@@H]2C)C1. The van der Waals surface area contributed by atoms with Gasteiger partial charge in [0.2, 0.25) is 5.91 Å². The topological polar surface area (TPSA) is 42.0 Å². The third-order valence-electron chi connectivity index (χ3n) is 5.10. The first kappa shape index (κ1) is 16.9. The molecule has 3 heterocycles. The van der Waals surface area contributed by atoms with Gasteiger partial charge < -0.3 is 14.4 Å². The Hall–Kier alpha value is -0.950. The summed E-state index contributed by atoms with van der Waals surface area (Å²) in [5.74, 6) is 0.583. The van der Waals surface area contributed by atoms with Crippen molar-refractivity contribution in [1.29, 1.82) is 0 Å². The van der Waals surface area contributed by atoms with Crippen LogP contribution in [-0.4, -0.2) is 68.8 Å². The van der Waals surface area contributed by atoms with E-state index >= 15 is 0 Å². The number of thiophene rings is 1. The molecule has 0 radical (unpaired) electrons. The third-order valence-corrected chi connectivity index (χ3v) is 5.96. The van der Waals surface area contributed by atoms with Crippen LogP contribution < -0.4 is 0 Å². The maximum absolute atomic E-state index is 12.3.